The first-order valence-electron chi connectivity index (χ1n) is 14.8. The zero-order valence-corrected chi connectivity index (χ0v) is 25.2. The maximum absolute atomic E-state index is 6.24. The van der Waals surface area contributed by atoms with Crippen LogP contribution in [0.4, 0.5) is 0 Å². The summed E-state index contributed by atoms with van der Waals surface area (Å²) in [6.07, 6.45) is 8.57. The first kappa shape index (κ1) is 31.6. The van der Waals surface area contributed by atoms with Crippen molar-refractivity contribution in [2.45, 2.75) is 81.1 Å². The van der Waals surface area contributed by atoms with E-state index in [4.69, 9.17) is 18.9 Å². The second-order valence-corrected chi connectivity index (χ2v) is 11.0. The Kier molecular flexibility index (Phi) is 14.2. The molecule has 0 N–H and O–H groups in total. The fourth-order valence-corrected chi connectivity index (χ4v) is 3.35. The van der Waals surface area contributed by atoms with Crippen molar-refractivity contribution < 1.29 is 18.9 Å². The van der Waals surface area contributed by atoms with Gasteiger partial charge in [-0.3, -0.25) is 0 Å². The van der Waals surface area contributed by atoms with E-state index in [9.17, 15) is 0 Å². The van der Waals surface area contributed by atoms with Gasteiger partial charge in [0.1, 0.15) is 23.0 Å². The smallest absolute Gasteiger partial charge is 0.126 e. The lowest BCUT2D eigenvalue weighted by molar-refractivity contribution is 0.249. The van der Waals surface area contributed by atoms with Crippen molar-refractivity contribution in [2.24, 2.45) is 23.7 Å². The van der Waals surface area contributed by atoms with Gasteiger partial charge in [-0.15, -0.1) is 0 Å². The SMILES string of the molecule is CC[C@H](C)COc1ccc(OC[C@@H](C)CC)c(/C=C/c2cc(OC[C@@H](C)CC)ccc2OC[C@@H](C)CC)c1. The highest BCUT2D eigenvalue weighted by molar-refractivity contribution is 5.76. The number of benzene rings is 2. The van der Waals surface area contributed by atoms with Crippen LogP contribution < -0.4 is 18.9 Å². The molecule has 0 heterocycles. The Balaban J connectivity index is 2.37. The molecular weight excluding hydrogens is 472 g/mol. The van der Waals surface area contributed by atoms with Crippen LogP contribution in [-0.4, -0.2) is 26.4 Å². The molecule has 2 rings (SSSR count). The largest absolute Gasteiger partial charge is 0.493 e. The lowest BCUT2D eigenvalue weighted by Gasteiger charge is -2.17. The van der Waals surface area contributed by atoms with Crippen LogP contribution in [0.2, 0.25) is 0 Å². The first-order chi connectivity index (χ1) is 18.3. The van der Waals surface area contributed by atoms with Gasteiger partial charge >= 0.3 is 0 Å². The van der Waals surface area contributed by atoms with Crippen molar-refractivity contribution in [1.82, 2.24) is 0 Å². The normalized spacial score (nSPS) is 14.6. The zero-order valence-electron chi connectivity index (χ0n) is 25.2. The minimum atomic E-state index is 0.494. The van der Waals surface area contributed by atoms with E-state index in [1.165, 1.54) is 0 Å². The molecule has 0 aliphatic heterocycles. The predicted molar refractivity (Wildman–Crippen MR) is 162 cm³/mol. The summed E-state index contributed by atoms with van der Waals surface area (Å²) in [6, 6.07) is 12.2. The van der Waals surface area contributed by atoms with Crippen molar-refractivity contribution in [3.63, 3.8) is 0 Å². The maximum atomic E-state index is 6.24. The molecule has 0 unspecified atom stereocenters. The Morgan fingerprint density at radius 1 is 0.500 bits per heavy atom. The summed E-state index contributed by atoms with van der Waals surface area (Å²) < 4.78 is 24.7. The van der Waals surface area contributed by atoms with Crippen LogP contribution in [0.15, 0.2) is 36.4 Å². The highest BCUT2D eigenvalue weighted by Gasteiger charge is 2.11. The summed E-state index contributed by atoms with van der Waals surface area (Å²) in [5.41, 5.74) is 1.99. The first-order valence-corrected chi connectivity index (χ1v) is 14.8. The predicted octanol–water partition coefficient (Wildman–Crippen LogP) is 9.56. The molecule has 2 aromatic carbocycles. The van der Waals surface area contributed by atoms with Crippen LogP contribution in [0.3, 0.4) is 0 Å². The number of hydrogen-bond donors (Lipinski definition) is 0. The molecular formula is C34H52O4. The Labute approximate surface area is 232 Å². The van der Waals surface area contributed by atoms with E-state index in [-0.39, 0.29) is 0 Å². The summed E-state index contributed by atoms with van der Waals surface area (Å²) >= 11 is 0. The molecule has 0 aromatic heterocycles. The Morgan fingerprint density at radius 2 is 0.816 bits per heavy atom. The van der Waals surface area contributed by atoms with Gasteiger partial charge in [-0.2, -0.15) is 0 Å². The molecule has 0 saturated carbocycles. The lowest BCUT2D eigenvalue weighted by atomic mass is 10.1. The number of ether oxygens (including phenoxy) is 4. The average Bonchev–Trinajstić information content (AvgIpc) is 2.95. The molecule has 0 amide bonds. The summed E-state index contributed by atoms with van der Waals surface area (Å²) in [5, 5.41) is 0. The molecule has 0 saturated heterocycles. The van der Waals surface area contributed by atoms with Gasteiger partial charge in [0, 0.05) is 11.1 Å². The van der Waals surface area contributed by atoms with Gasteiger partial charge in [0.25, 0.3) is 0 Å². The molecule has 0 aliphatic carbocycles. The third-order valence-corrected chi connectivity index (χ3v) is 7.31. The van der Waals surface area contributed by atoms with E-state index in [1.807, 2.05) is 24.3 Å². The van der Waals surface area contributed by atoms with E-state index in [0.29, 0.717) is 50.1 Å². The van der Waals surface area contributed by atoms with E-state index >= 15 is 0 Å². The van der Waals surface area contributed by atoms with Crippen LogP contribution >= 0.6 is 0 Å². The molecule has 38 heavy (non-hydrogen) atoms. The van der Waals surface area contributed by atoms with Gasteiger partial charge in [0.15, 0.2) is 0 Å². The number of rotatable bonds is 18. The third-order valence-electron chi connectivity index (χ3n) is 7.31. The second kappa shape index (κ2) is 17.1. The zero-order chi connectivity index (χ0) is 27.9. The molecule has 212 valence electrons. The van der Waals surface area contributed by atoms with E-state index < -0.39 is 0 Å². The lowest BCUT2D eigenvalue weighted by Crippen LogP contribution is -2.09. The average molecular weight is 525 g/mol. The topological polar surface area (TPSA) is 36.9 Å². The molecule has 4 heteroatoms. The van der Waals surface area contributed by atoms with Crippen molar-refractivity contribution in [2.75, 3.05) is 26.4 Å². The van der Waals surface area contributed by atoms with Gasteiger partial charge in [-0.05, 0) is 60.1 Å². The highest BCUT2D eigenvalue weighted by atomic mass is 16.5. The van der Waals surface area contributed by atoms with Crippen LogP contribution in [0.25, 0.3) is 12.2 Å². The molecule has 0 bridgehead atoms. The Bertz CT molecular complexity index is 889. The van der Waals surface area contributed by atoms with E-state index in [1.54, 1.807) is 0 Å². The second-order valence-electron chi connectivity index (χ2n) is 11.0. The molecule has 0 spiro atoms. The monoisotopic (exact) mass is 524 g/mol. The molecule has 4 atom stereocenters. The molecule has 0 aliphatic rings. The van der Waals surface area contributed by atoms with Crippen LogP contribution in [-0.2, 0) is 0 Å². The quantitative estimate of drug-likeness (QED) is 0.182. The van der Waals surface area contributed by atoms with Crippen molar-refractivity contribution in [3.8, 4) is 23.0 Å². The summed E-state index contributed by atoms with van der Waals surface area (Å²) in [6.45, 7) is 20.4. The van der Waals surface area contributed by atoms with Crippen molar-refractivity contribution in [3.05, 3.63) is 47.5 Å². The van der Waals surface area contributed by atoms with Gasteiger partial charge in [0.2, 0.25) is 0 Å². The van der Waals surface area contributed by atoms with Crippen LogP contribution in [0.5, 0.6) is 23.0 Å². The highest BCUT2D eigenvalue weighted by Crippen LogP contribution is 2.31. The summed E-state index contributed by atoms with van der Waals surface area (Å²) in [5.74, 6) is 5.46. The van der Waals surface area contributed by atoms with E-state index in [0.717, 1.165) is 59.8 Å². The molecule has 4 nitrogen and oxygen atoms in total. The third kappa shape index (κ3) is 11.0. The van der Waals surface area contributed by atoms with Gasteiger partial charge in [0.05, 0.1) is 26.4 Å². The van der Waals surface area contributed by atoms with Gasteiger partial charge in [-0.1, -0.05) is 93.2 Å². The van der Waals surface area contributed by atoms with Crippen LogP contribution in [0.1, 0.15) is 92.2 Å². The summed E-state index contributed by atoms with van der Waals surface area (Å²) in [4.78, 5) is 0. The molecule has 0 radical (unpaired) electrons. The minimum Gasteiger partial charge on any atom is -0.493 e. The van der Waals surface area contributed by atoms with E-state index in [2.05, 4.69) is 79.7 Å². The minimum absolute atomic E-state index is 0.494. The van der Waals surface area contributed by atoms with Gasteiger partial charge < -0.3 is 18.9 Å². The van der Waals surface area contributed by atoms with Crippen molar-refractivity contribution in [1.29, 1.82) is 0 Å². The standard InChI is InChI=1S/C34H52O4/c1-9-25(5)21-35-31-15-17-33(37-23-27(7)11-3)29(19-31)13-14-30-20-32(36-22-26(6)10-2)16-18-34(30)38-24-28(8)12-4/h13-20,25-28H,9-12,21-24H2,1-8H3/b14-13+/t25-,26-,27-,28-/m0/s1. The molecule has 2 aromatic rings. The molecule has 0 fully saturated rings. The van der Waals surface area contributed by atoms with Crippen LogP contribution in [0, 0.1) is 23.7 Å². The fraction of sp³-hybridized carbons (Fsp3) is 0.588. The fourth-order valence-electron chi connectivity index (χ4n) is 3.35. The van der Waals surface area contributed by atoms with Gasteiger partial charge in [-0.25, -0.2) is 0 Å². The Morgan fingerprint density at radius 3 is 1.13 bits per heavy atom. The van der Waals surface area contributed by atoms with Crippen molar-refractivity contribution >= 4 is 12.2 Å². The summed E-state index contributed by atoms with van der Waals surface area (Å²) in [7, 11) is 0. The number of hydrogen-bond acceptors (Lipinski definition) is 4. The maximum Gasteiger partial charge on any atom is 0.126 e. The Hall–Kier alpha value is -2.62.